The van der Waals surface area contributed by atoms with Gasteiger partial charge in [0.15, 0.2) is 0 Å². The second-order valence-electron chi connectivity index (χ2n) is 5.72. The molecule has 0 bridgehead atoms. The van der Waals surface area contributed by atoms with E-state index < -0.39 is 0 Å². The largest absolute Gasteiger partial charge is 0.383 e. The Morgan fingerprint density at radius 1 is 1.05 bits per heavy atom. The van der Waals surface area contributed by atoms with Crippen molar-refractivity contribution in [2.75, 3.05) is 11.1 Å². The van der Waals surface area contributed by atoms with E-state index >= 15 is 0 Å². The van der Waals surface area contributed by atoms with E-state index in [9.17, 15) is 0 Å². The Labute approximate surface area is 119 Å². The molecule has 1 aromatic heterocycles. The van der Waals surface area contributed by atoms with Crippen molar-refractivity contribution < 1.29 is 0 Å². The monoisotopic (exact) mass is 268 g/mol. The molecular weight excluding hydrogens is 248 g/mol. The predicted molar refractivity (Wildman–Crippen MR) is 82.4 cm³/mol. The van der Waals surface area contributed by atoms with Gasteiger partial charge in [0.25, 0.3) is 0 Å². The van der Waals surface area contributed by atoms with E-state index in [2.05, 4.69) is 47.3 Å². The van der Waals surface area contributed by atoms with Crippen LogP contribution in [0.2, 0.25) is 0 Å². The summed E-state index contributed by atoms with van der Waals surface area (Å²) in [6.45, 7) is 6.14. The quantitative estimate of drug-likeness (QED) is 0.892. The first-order valence-corrected chi connectivity index (χ1v) is 7.02. The van der Waals surface area contributed by atoms with Crippen molar-refractivity contribution in [2.45, 2.75) is 39.5 Å². The Balaban J connectivity index is 1.96. The number of nitrogen functional groups attached to an aromatic ring is 1. The van der Waals surface area contributed by atoms with Crippen LogP contribution < -0.4 is 11.1 Å². The van der Waals surface area contributed by atoms with Crippen molar-refractivity contribution in [3.63, 3.8) is 0 Å². The zero-order chi connectivity index (χ0) is 14.3. The average molecular weight is 268 g/mol. The average Bonchev–Trinajstić information content (AvgIpc) is 3.17. The van der Waals surface area contributed by atoms with Crippen molar-refractivity contribution in [2.24, 2.45) is 0 Å². The second kappa shape index (κ2) is 4.78. The molecule has 3 N–H and O–H groups in total. The summed E-state index contributed by atoms with van der Waals surface area (Å²) in [5.41, 5.74) is 10.4. The fraction of sp³-hybridized carbons (Fsp3) is 0.375. The number of nitrogens with one attached hydrogen (secondary N) is 1. The number of benzene rings is 1. The number of aromatic nitrogens is 2. The van der Waals surface area contributed by atoms with Crippen LogP contribution in [0, 0.1) is 20.8 Å². The fourth-order valence-electron chi connectivity index (χ4n) is 2.38. The second-order valence-corrected chi connectivity index (χ2v) is 5.72. The molecule has 0 spiro atoms. The highest BCUT2D eigenvalue weighted by Crippen LogP contribution is 2.39. The van der Waals surface area contributed by atoms with E-state index in [4.69, 9.17) is 5.73 Å². The Morgan fingerprint density at radius 3 is 2.30 bits per heavy atom. The van der Waals surface area contributed by atoms with Crippen LogP contribution in [-0.4, -0.2) is 9.97 Å². The summed E-state index contributed by atoms with van der Waals surface area (Å²) in [5, 5.41) is 3.39. The first-order valence-electron chi connectivity index (χ1n) is 7.02. The van der Waals surface area contributed by atoms with Crippen LogP contribution in [0.15, 0.2) is 18.2 Å². The van der Waals surface area contributed by atoms with Gasteiger partial charge in [0.05, 0.1) is 0 Å². The van der Waals surface area contributed by atoms with Crippen LogP contribution in [0.1, 0.15) is 41.3 Å². The van der Waals surface area contributed by atoms with E-state index in [0.29, 0.717) is 11.7 Å². The van der Waals surface area contributed by atoms with Crippen LogP contribution in [0.5, 0.6) is 0 Å². The normalized spacial score (nSPS) is 14.3. The number of rotatable bonds is 3. The summed E-state index contributed by atoms with van der Waals surface area (Å²) in [4.78, 5) is 9.05. The van der Waals surface area contributed by atoms with Gasteiger partial charge in [-0.15, -0.1) is 0 Å². The third-order valence-corrected chi connectivity index (χ3v) is 3.63. The third-order valence-electron chi connectivity index (χ3n) is 3.63. The molecule has 1 aromatic carbocycles. The summed E-state index contributed by atoms with van der Waals surface area (Å²) in [6, 6.07) is 6.38. The lowest BCUT2D eigenvalue weighted by Crippen LogP contribution is -2.06. The molecule has 4 nitrogen and oxygen atoms in total. The lowest BCUT2D eigenvalue weighted by Gasteiger charge is -2.13. The first-order chi connectivity index (χ1) is 9.52. The van der Waals surface area contributed by atoms with Crippen LogP contribution >= 0.6 is 0 Å². The third kappa shape index (κ3) is 2.59. The first kappa shape index (κ1) is 12.9. The summed E-state index contributed by atoms with van der Waals surface area (Å²) in [6.07, 6.45) is 2.34. The molecular formula is C16H20N4. The SMILES string of the molecule is Cc1cc(C)cc(Nc2nc(C3CC3)nc(N)c2C)c1. The molecule has 1 saturated carbocycles. The minimum absolute atomic E-state index is 0.498. The molecule has 1 heterocycles. The minimum Gasteiger partial charge on any atom is -0.383 e. The van der Waals surface area contributed by atoms with E-state index in [0.717, 1.165) is 22.9 Å². The van der Waals surface area contributed by atoms with Gasteiger partial charge in [-0.3, -0.25) is 0 Å². The van der Waals surface area contributed by atoms with E-state index in [1.54, 1.807) is 0 Å². The molecule has 2 aromatic rings. The van der Waals surface area contributed by atoms with Gasteiger partial charge in [0, 0.05) is 17.2 Å². The molecule has 0 aliphatic heterocycles. The topological polar surface area (TPSA) is 63.8 Å². The van der Waals surface area contributed by atoms with Crippen LogP contribution in [0.25, 0.3) is 0 Å². The molecule has 0 atom stereocenters. The van der Waals surface area contributed by atoms with Gasteiger partial charge in [0.2, 0.25) is 0 Å². The molecule has 1 aliphatic rings. The lowest BCUT2D eigenvalue weighted by molar-refractivity contribution is 0.928. The molecule has 104 valence electrons. The standard InChI is InChI=1S/C16H20N4/c1-9-6-10(2)8-13(7-9)18-15-11(3)14(17)19-16(20-15)12-4-5-12/h6-8,12H,4-5H2,1-3H3,(H3,17,18,19,20). The molecule has 0 saturated heterocycles. The van der Waals surface area contributed by atoms with Crippen molar-refractivity contribution in [3.05, 3.63) is 40.7 Å². The molecule has 20 heavy (non-hydrogen) atoms. The highest BCUT2D eigenvalue weighted by Gasteiger charge is 2.27. The number of nitrogens with two attached hydrogens (primary N) is 1. The number of anilines is 3. The minimum atomic E-state index is 0.498. The van der Waals surface area contributed by atoms with Crippen molar-refractivity contribution in [3.8, 4) is 0 Å². The Bertz CT molecular complexity index is 640. The summed E-state index contributed by atoms with van der Waals surface area (Å²) < 4.78 is 0. The Kier molecular flexibility index (Phi) is 3.08. The molecule has 0 amide bonds. The van der Waals surface area contributed by atoms with Crippen LogP contribution in [0.3, 0.4) is 0 Å². The highest BCUT2D eigenvalue weighted by molar-refractivity contribution is 5.64. The number of nitrogens with zero attached hydrogens (tertiary/aromatic N) is 2. The maximum absolute atomic E-state index is 6.01. The molecule has 3 rings (SSSR count). The van der Waals surface area contributed by atoms with Crippen molar-refractivity contribution >= 4 is 17.3 Å². The van der Waals surface area contributed by atoms with Crippen LogP contribution in [-0.2, 0) is 0 Å². The fourth-order valence-corrected chi connectivity index (χ4v) is 2.38. The van der Waals surface area contributed by atoms with Gasteiger partial charge in [-0.05, 0) is 56.9 Å². The summed E-state index contributed by atoms with van der Waals surface area (Å²) >= 11 is 0. The van der Waals surface area contributed by atoms with Crippen LogP contribution in [0.4, 0.5) is 17.3 Å². The van der Waals surface area contributed by atoms with E-state index in [1.165, 1.54) is 24.0 Å². The van der Waals surface area contributed by atoms with Gasteiger partial charge in [0.1, 0.15) is 17.5 Å². The van der Waals surface area contributed by atoms with Gasteiger partial charge < -0.3 is 11.1 Å². The molecule has 0 unspecified atom stereocenters. The highest BCUT2D eigenvalue weighted by atomic mass is 15.1. The zero-order valence-electron chi connectivity index (χ0n) is 12.2. The van der Waals surface area contributed by atoms with Gasteiger partial charge in [-0.1, -0.05) is 6.07 Å². The van der Waals surface area contributed by atoms with Gasteiger partial charge in [-0.25, -0.2) is 9.97 Å². The van der Waals surface area contributed by atoms with E-state index in [1.807, 2.05) is 6.92 Å². The lowest BCUT2D eigenvalue weighted by atomic mass is 10.1. The van der Waals surface area contributed by atoms with Crippen molar-refractivity contribution in [1.82, 2.24) is 9.97 Å². The Hall–Kier alpha value is -2.10. The maximum Gasteiger partial charge on any atom is 0.139 e. The maximum atomic E-state index is 6.01. The zero-order valence-corrected chi connectivity index (χ0v) is 12.2. The van der Waals surface area contributed by atoms with Gasteiger partial charge >= 0.3 is 0 Å². The predicted octanol–water partition coefficient (Wildman–Crippen LogP) is 3.61. The molecule has 0 radical (unpaired) electrons. The molecule has 4 heteroatoms. The number of hydrogen-bond donors (Lipinski definition) is 2. The smallest absolute Gasteiger partial charge is 0.139 e. The van der Waals surface area contributed by atoms with Gasteiger partial charge in [-0.2, -0.15) is 0 Å². The number of aryl methyl sites for hydroxylation is 2. The summed E-state index contributed by atoms with van der Waals surface area (Å²) in [7, 11) is 0. The Morgan fingerprint density at radius 2 is 1.70 bits per heavy atom. The summed E-state index contributed by atoms with van der Waals surface area (Å²) in [5.74, 6) is 2.77. The molecule has 1 aliphatic carbocycles. The number of hydrogen-bond acceptors (Lipinski definition) is 4. The van der Waals surface area contributed by atoms with E-state index in [-0.39, 0.29) is 0 Å². The molecule has 1 fully saturated rings. The van der Waals surface area contributed by atoms with Crippen molar-refractivity contribution in [1.29, 1.82) is 0 Å².